The zero-order valence-corrected chi connectivity index (χ0v) is 12.2. The van der Waals surface area contributed by atoms with Crippen LogP contribution < -0.4 is 0 Å². The van der Waals surface area contributed by atoms with E-state index in [1.807, 2.05) is 44.2 Å². The Morgan fingerprint density at radius 2 is 1.83 bits per heavy atom. The predicted octanol–water partition coefficient (Wildman–Crippen LogP) is 3.55. The van der Waals surface area contributed by atoms with E-state index >= 15 is 0 Å². The van der Waals surface area contributed by atoms with Crippen molar-refractivity contribution < 1.29 is 9.53 Å². The average molecular weight is 264 g/mol. The first-order chi connectivity index (χ1) is 8.42. The summed E-state index contributed by atoms with van der Waals surface area (Å²) >= 11 is 1.62. The molecular formula is C15H20O2S. The van der Waals surface area contributed by atoms with Gasteiger partial charge >= 0.3 is 0 Å². The van der Waals surface area contributed by atoms with Crippen LogP contribution in [0.25, 0.3) is 0 Å². The van der Waals surface area contributed by atoms with Crippen LogP contribution in [0.15, 0.2) is 35.2 Å². The Hall–Kier alpha value is -0.800. The Bertz CT molecular complexity index is 425. The molecule has 1 saturated heterocycles. The number of carbonyl (C=O) groups excluding carboxylic acids is 1. The molecule has 1 aromatic carbocycles. The normalized spacial score (nSPS) is 26.8. The zero-order valence-electron chi connectivity index (χ0n) is 11.3. The minimum atomic E-state index is -0.651. The summed E-state index contributed by atoms with van der Waals surface area (Å²) in [6.07, 6.45) is -0.00212. The molecule has 1 aromatic rings. The van der Waals surface area contributed by atoms with Gasteiger partial charge in [0, 0.05) is 4.90 Å². The van der Waals surface area contributed by atoms with Crippen molar-refractivity contribution in [2.45, 2.75) is 49.5 Å². The van der Waals surface area contributed by atoms with Gasteiger partial charge in [0.2, 0.25) is 0 Å². The Morgan fingerprint density at radius 3 is 2.39 bits per heavy atom. The zero-order chi connectivity index (χ0) is 13.3. The number of hydrogen-bond acceptors (Lipinski definition) is 3. The molecule has 1 fully saturated rings. The van der Waals surface area contributed by atoms with Crippen molar-refractivity contribution in [3.63, 3.8) is 0 Å². The molecular weight excluding hydrogens is 244 g/mol. The van der Waals surface area contributed by atoms with Gasteiger partial charge in [-0.05, 0) is 31.9 Å². The van der Waals surface area contributed by atoms with E-state index in [0.717, 1.165) is 4.90 Å². The lowest BCUT2D eigenvalue weighted by molar-refractivity contribution is -0.130. The monoisotopic (exact) mass is 264 g/mol. The van der Waals surface area contributed by atoms with Crippen LogP contribution in [0.3, 0.4) is 0 Å². The van der Waals surface area contributed by atoms with Gasteiger partial charge < -0.3 is 4.74 Å². The fourth-order valence-corrected chi connectivity index (χ4v) is 3.71. The van der Waals surface area contributed by atoms with Crippen LogP contribution in [0.1, 0.15) is 27.7 Å². The summed E-state index contributed by atoms with van der Waals surface area (Å²) < 4.78 is 5.94. The van der Waals surface area contributed by atoms with Crippen LogP contribution in [0, 0.1) is 5.92 Å². The van der Waals surface area contributed by atoms with Gasteiger partial charge in [-0.1, -0.05) is 32.0 Å². The number of rotatable bonds is 3. The van der Waals surface area contributed by atoms with Crippen LogP contribution in [0.2, 0.25) is 0 Å². The minimum absolute atomic E-state index is 0.00212. The summed E-state index contributed by atoms with van der Waals surface area (Å²) in [7, 11) is 0. The first-order valence-corrected chi connectivity index (χ1v) is 7.23. The second-order valence-corrected chi connectivity index (χ2v) is 6.77. The van der Waals surface area contributed by atoms with Crippen molar-refractivity contribution in [1.29, 1.82) is 0 Å². The lowest BCUT2D eigenvalue weighted by Gasteiger charge is -2.21. The van der Waals surface area contributed by atoms with Gasteiger partial charge in [-0.15, -0.1) is 11.8 Å². The number of thioether (sulfide) groups is 1. The molecule has 0 aliphatic carbocycles. The number of carbonyl (C=O) groups is 1. The van der Waals surface area contributed by atoms with Gasteiger partial charge in [0.15, 0.2) is 5.78 Å². The highest BCUT2D eigenvalue weighted by Gasteiger charge is 2.49. The van der Waals surface area contributed by atoms with Gasteiger partial charge in [0.05, 0.1) is 11.4 Å². The van der Waals surface area contributed by atoms with Crippen molar-refractivity contribution in [1.82, 2.24) is 0 Å². The number of Topliss-reactive ketones (excluding diaryl/α,β-unsaturated/α-hetero) is 1. The Balaban J connectivity index is 2.21. The van der Waals surface area contributed by atoms with Crippen molar-refractivity contribution in [3.05, 3.63) is 30.3 Å². The second-order valence-electron chi connectivity index (χ2n) is 5.55. The first-order valence-electron chi connectivity index (χ1n) is 6.35. The maximum Gasteiger partial charge on any atom is 0.179 e. The smallest absolute Gasteiger partial charge is 0.179 e. The molecule has 18 heavy (non-hydrogen) atoms. The van der Waals surface area contributed by atoms with E-state index in [9.17, 15) is 4.79 Å². The SMILES string of the molecule is CC(C)[C@@H]1OC(C)(C)C(=O)[C@H]1Sc1ccccc1. The quantitative estimate of drug-likeness (QED) is 0.835. The number of benzene rings is 1. The molecule has 2 atom stereocenters. The van der Waals surface area contributed by atoms with Crippen LogP contribution >= 0.6 is 11.8 Å². The summed E-state index contributed by atoms with van der Waals surface area (Å²) in [5, 5.41) is -0.0950. The summed E-state index contributed by atoms with van der Waals surface area (Å²) in [6.45, 7) is 7.96. The van der Waals surface area contributed by atoms with Gasteiger partial charge in [-0.3, -0.25) is 4.79 Å². The number of ether oxygens (including phenoxy) is 1. The molecule has 0 amide bonds. The molecule has 1 aliphatic heterocycles. The van der Waals surface area contributed by atoms with Crippen LogP contribution in [-0.4, -0.2) is 22.7 Å². The third kappa shape index (κ3) is 2.62. The van der Waals surface area contributed by atoms with Gasteiger partial charge in [0.25, 0.3) is 0 Å². The molecule has 1 heterocycles. The molecule has 3 heteroatoms. The summed E-state index contributed by atoms with van der Waals surface area (Å²) in [5.74, 6) is 0.548. The Labute approximate surface area is 113 Å². The van der Waals surface area contributed by atoms with Crippen molar-refractivity contribution in [2.24, 2.45) is 5.92 Å². The highest BCUT2D eigenvalue weighted by atomic mass is 32.2. The predicted molar refractivity (Wildman–Crippen MR) is 74.9 cm³/mol. The van der Waals surface area contributed by atoms with E-state index in [1.165, 1.54) is 0 Å². The van der Waals surface area contributed by atoms with Gasteiger partial charge in [-0.25, -0.2) is 0 Å². The van der Waals surface area contributed by atoms with Gasteiger partial charge in [-0.2, -0.15) is 0 Å². The molecule has 98 valence electrons. The van der Waals surface area contributed by atoms with E-state index in [-0.39, 0.29) is 17.1 Å². The maximum atomic E-state index is 12.4. The van der Waals surface area contributed by atoms with E-state index < -0.39 is 5.60 Å². The number of hydrogen-bond donors (Lipinski definition) is 0. The molecule has 0 aromatic heterocycles. The molecule has 2 nitrogen and oxygen atoms in total. The number of ketones is 1. The van der Waals surface area contributed by atoms with Crippen molar-refractivity contribution >= 4 is 17.5 Å². The third-order valence-electron chi connectivity index (χ3n) is 3.24. The fourth-order valence-electron chi connectivity index (χ4n) is 2.20. The highest BCUT2D eigenvalue weighted by Crippen LogP contribution is 2.40. The standard InChI is InChI=1S/C15H20O2S/c1-10(2)12-13(14(16)15(3,4)17-12)18-11-8-6-5-7-9-11/h5-10,12-13H,1-4H3/t12-,13-/m0/s1. The molecule has 0 saturated carbocycles. The third-order valence-corrected chi connectivity index (χ3v) is 4.52. The Morgan fingerprint density at radius 1 is 1.22 bits per heavy atom. The lowest BCUT2D eigenvalue weighted by atomic mass is 9.99. The van der Waals surface area contributed by atoms with Crippen molar-refractivity contribution in [3.8, 4) is 0 Å². The summed E-state index contributed by atoms with van der Waals surface area (Å²) in [4.78, 5) is 13.5. The van der Waals surface area contributed by atoms with Crippen molar-refractivity contribution in [2.75, 3.05) is 0 Å². The molecule has 0 radical (unpaired) electrons. The van der Waals surface area contributed by atoms with Crippen LogP contribution in [0.5, 0.6) is 0 Å². The molecule has 2 rings (SSSR count). The fraction of sp³-hybridized carbons (Fsp3) is 0.533. The highest BCUT2D eigenvalue weighted by molar-refractivity contribution is 8.00. The minimum Gasteiger partial charge on any atom is -0.363 e. The molecule has 0 N–H and O–H groups in total. The Kier molecular flexibility index (Phi) is 3.83. The molecule has 0 bridgehead atoms. The van der Waals surface area contributed by atoms with E-state index in [0.29, 0.717) is 5.92 Å². The largest absolute Gasteiger partial charge is 0.363 e. The van der Waals surface area contributed by atoms with E-state index in [2.05, 4.69) is 13.8 Å². The van der Waals surface area contributed by atoms with Crippen LogP contribution in [0.4, 0.5) is 0 Å². The van der Waals surface area contributed by atoms with E-state index in [4.69, 9.17) is 4.74 Å². The molecule has 0 spiro atoms. The summed E-state index contributed by atoms with van der Waals surface area (Å²) in [6, 6.07) is 10.1. The first kappa shape index (κ1) is 13.6. The molecule has 1 aliphatic rings. The maximum absolute atomic E-state index is 12.4. The molecule has 0 unspecified atom stereocenters. The van der Waals surface area contributed by atoms with E-state index in [1.54, 1.807) is 11.8 Å². The topological polar surface area (TPSA) is 26.3 Å². The second kappa shape index (κ2) is 5.06. The lowest BCUT2D eigenvalue weighted by Crippen LogP contribution is -2.31. The van der Waals surface area contributed by atoms with Gasteiger partial charge in [0.1, 0.15) is 5.60 Å². The summed E-state index contributed by atoms with van der Waals surface area (Å²) in [5.41, 5.74) is -0.651. The average Bonchev–Trinajstić information content (AvgIpc) is 2.54. The van der Waals surface area contributed by atoms with Crippen LogP contribution in [-0.2, 0) is 9.53 Å².